The summed E-state index contributed by atoms with van der Waals surface area (Å²) in [4.78, 5) is 12.6. The Bertz CT molecular complexity index is 1330. The molecule has 33 heavy (non-hydrogen) atoms. The van der Waals surface area contributed by atoms with Gasteiger partial charge in [0, 0.05) is 10.2 Å². The van der Waals surface area contributed by atoms with Crippen molar-refractivity contribution in [1.29, 1.82) is 0 Å². The average Bonchev–Trinajstić information content (AvgIpc) is 3.10. The lowest BCUT2D eigenvalue weighted by molar-refractivity contribution is -0.116. The van der Waals surface area contributed by atoms with E-state index in [1.807, 2.05) is 60.0 Å². The van der Waals surface area contributed by atoms with E-state index in [2.05, 4.69) is 26.3 Å². The van der Waals surface area contributed by atoms with Gasteiger partial charge in [0.2, 0.25) is 10.7 Å². The van der Waals surface area contributed by atoms with E-state index in [4.69, 9.17) is 17.0 Å². The summed E-state index contributed by atoms with van der Waals surface area (Å²) in [5.74, 6) is 0.547. The summed E-state index contributed by atoms with van der Waals surface area (Å²) < 4.78 is 23.6. The monoisotopic (exact) mass is 526 g/mol. The van der Waals surface area contributed by atoms with Crippen LogP contribution in [0.3, 0.4) is 0 Å². The van der Waals surface area contributed by atoms with Gasteiger partial charge in [-0.3, -0.25) is 9.36 Å². The van der Waals surface area contributed by atoms with E-state index in [0.717, 1.165) is 15.7 Å². The molecule has 4 aromatic rings. The van der Waals surface area contributed by atoms with Crippen molar-refractivity contribution in [2.24, 2.45) is 0 Å². The van der Waals surface area contributed by atoms with Crippen molar-refractivity contribution >= 4 is 39.7 Å². The van der Waals surface area contributed by atoms with Crippen LogP contribution >= 0.6 is 28.1 Å². The topological polar surface area (TPSA) is 61.1 Å². The summed E-state index contributed by atoms with van der Waals surface area (Å²) in [5, 5.41) is 7.31. The Morgan fingerprint density at radius 1 is 1.09 bits per heavy atom. The number of rotatable bonds is 7. The van der Waals surface area contributed by atoms with E-state index in [0.29, 0.717) is 22.0 Å². The zero-order valence-corrected chi connectivity index (χ0v) is 20.1. The van der Waals surface area contributed by atoms with E-state index < -0.39 is 0 Å². The SMILES string of the molecule is Cc1ccccc1-n1c(COc2ccc(Br)cc2)nn(CC(=O)Nc2ccc(F)cc2)c1=S. The number of nitrogens with zero attached hydrogens (tertiary/aromatic N) is 3. The van der Waals surface area contributed by atoms with Crippen LogP contribution in [0, 0.1) is 17.5 Å². The minimum Gasteiger partial charge on any atom is -0.486 e. The number of nitrogens with one attached hydrogen (secondary N) is 1. The molecular formula is C24H20BrFN4O2S. The highest BCUT2D eigenvalue weighted by atomic mass is 79.9. The molecular weight excluding hydrogens is 507 g/mol. The molecule has 0 aliphatic carbocycles. The molecule has 0 radical (unpaired) electrons. The fourth-order valence-electron chi connectivity index (χ4n) is 3.25. The molecule has 4 rings (SSSR count). The lowest BCUT2D eigenvalue weighted by Crippen LogP contribution is -2.20. The molecule has 0 unspecified atom stereocenters. The van der Waals surface area contributed by atoms with E-state index in [1.165, 1.54) is 28.9 Å². The molecule has 1 heterocycles. The Hall–Kier alpha value is -3.30. The number of amides is 1. The van der Waals surface area contributed by atoms with Crippen LogP contribution in [0.15, 0.2) is 77.3 Å². The van der Waals surface area contributed by atoms with Crippen molar-refractivity contribution in [2.45, 2.75) is 20.1 Å². The zero-order valence-electron chi connectivity index (χ0n) is 17.7. The summed E-state index contributed by atoms with van der Waals surface area (Å²) in [5.41, 5.74) is 2.36. The minimum atomic E-state index is -0.373. The number of benzene rings is 3. The maximum atomic E-state index is 13.1. The molecule has 0 aliphatic rings. The molecule has 1 amide bonds. The van der Waals surface area contributed by atoms with Gasteiger partial charge in [-0.1, -0.05) is 34.1 Å². The number of hydrogen-bond donors (Lipinski definition) is 1. The van der Waals surface area contributed by atoms with Crippen LogP contribution in [-0.4, -0.2) is 20.3 Å². The van der Waals surface area contributed by atoms with Gasteiger partial charge in [0.1, 0.15) is 24.7 Å². The van der Waals surface area contributed by atoms with Crippen molar-refractivity contribution in [1.82, 2.24) is 14.3 Å². The van der Waals surface area contributed by atoms with Gasteiger partial charge in [-0.25, -0.2) is 9.07 Å². The van der Waals surface area contributed by atoms with E-state index in [-0.39, 0.29) is 24.9 Å². The zero-order chi connectivity index (χ0) is 23.4. The number of anilines is 1. The van der Waals surface area contributed by atoms with Crippen LogP contribution in [0.2, 0.25) is 0 Å². The first-order valence-electron chi connectivity index (χ1n) is 10.1. The third-order valence-electron chi connectivity index (χ3n) is 4.87. The third kappa shape index (κ3) is 5.55. The number of carbonyl (C=O) groups excluding carboxylic acids is 1. The number of halogens is 2. The molecule has 1 aromatic heterocycles. The predicted octanol–water partition coefficient (Wildman–Crippen LogP) is 5.83. The number of carbonyl (C=O) groups is 1. The van der Waals surface area contributed by atoms with Crippen LogP contribution in [0.4, 0.5) is 10.1 Å². The second kappa shape index (κ2) is 10.1. The standard InChI is InChI=1S/C24H20BrFN4O2S/c1-16-4-2-3-5-21(16)30-22(15-32-20-12-6-17(25)7-13-20)28-29(24(30)33)14-23(31)27-19-10-8-18(26)9-11-19/h2-13H,14-15H2,1H3,(H,27,31). The normalized spacial score (nSPS) is 10.8. The van der Waals surface area contributed by atoms with Gasteiger partial charge in [-0.15, -0.1) is 0 Å². The largest absolute Gasteiger partial charge is 0.486 e. The number of aromatic nitrogens is 3. The van der Waals surface area contributed by atoms with Crippen molar-refractivity contribution in [3.63, 3.8) is 0 Å². The summed E-state index contributed by atoms with van der Waals surface area (Å²) in [6, 6.07) is 20.8. The van der Waals surface area contributed by atoms with Crippen molar-refractivity contribution in [3.05, 3.63) is 99.2 Å². The van der Waals surface area contributed by atoms with Gasteiger partial charge >= 0.3 is 0 Å². The molecule has 168 valence electrons. The smallest absolute Gasteiger partial charge is 0.246 e. The van der Waals surface area contributed by atoms with E-state index in [1.54, 1.807) is 0 Å². The van der Waals surface area contributed by atoms with E-state index >= 15 is 0 Å². The number of ether oxygens (including phenoxy) is 1. The first-order valence-corrected chi connectivity index (χ1v) is 11.3. The molecule has 1 N–H and O–H groups in total. The van der Waals surface area contributed by atoms with Gasteiger partial charge in [-0.2, -0.15) is 5.10 Å². The highest BCUT2D eigenvalue weighted by molar-refractivity contribution is 9.10. The molecule has 0 fully saturated rings. The predicted molar refractivity (Wildman–Crippen MR) is 131 cm³/mol. The number of para-hydroxylation sites is 1. The highest BCUT2D eigenvalue weighted by Gasteiger charge is 2.17. The van der Waals surface area contributed by atoms with Gasteiger partial charge < -0.3 is 10.1 Å². The minimum absolute atomic E-state index is 0.0969. The van der Waals surface area contributed by atoms with Crippen molar-refractivity contribution < 1.29 is 13.9 Å². The van der Waals surface area contributed by atoms with Gasteiger partial charge in [0.15, 0.2) is 5.82 Å². The first kappa shape index (κ1) is 22.9. The van der Waals surface area contributed by atoms with Crippen LogP contribution in [-0.2, 0) is 17.9 Å². The van der Waals surface area contributed by atoms with Crippen molar-refractivity contribution in [2.75, 3.05) is 5.32 Å². The second-order valence-electron chi connectivity index (χ2n) is 7.28. The Labute approximate surface area is 203 Å². The van der Waals surface area contributed by atoms with Crippen molar-refractivity contribution in [3.8, 4) is 11.4 Å². The van der Waals surface area contributed by atoms with Crippen LogP contribution in [0.5, 0.6) is 5.75 Å². The molecule has 0 bridgehead atoms. The summed E-state index contributed by atoms with van der Waals surface area (Å²) >= 11 is 9.08. The molecule has 3 aromatic carbocycles. The molecule has 0 saturated carbocycles. The molecule has 0 atom stereocenters. The van der Waals surface area contributed by atoms with Gasteiger partial charge in [0.25, 0.3) is 0 Å². The van der Waals surface area contributed by atoms with Crippen LogP contribution in [0.1, 0.15) is 11.4 Å². The molecule has 9 heteroatoms. The van der Waals surface area contributed by atoms with Crippen LogP contribution in [0.25, 0.3) is 5.69 Å². The maximum absolute atomic E-state index is 13.1. The highest BCUT2D eigenvalue weighted by Crippen LogP contribution is 2.20. The Morgan fingerprint density at radius 3 is 2.48 bits per heavy atom. The van der Waals surface area contributed by atoms with Gasteiger partial charge in [0.05, 0.1) is 5.69 Å². The fraction of sp³-hybridized carbons (Fsp3) is 0.125. The van der Waals surface area contributed by atoms with E-state index in [9.17, 15) is 9.18 Å². The molecule has 0 aliphatic heterocycles. The Balaban J connectivity index is 1.62. The summed E-state index contributed by atoms with van der Waals surface area (Å²) in [7, 11) is 0. The lowest BCUT2D eigenvalue weighted by atomic mass is 10.2. The van der Waals surface area contributed by atoms with Gasteiger partial charge in [-0.05, 0) is 79.3 Å². The quantitative estimate of drug-likeness (QED) is 0.307. The third-order valence-corrected chi connectivity index (χ3v) is 5.79. The summed E-state index contributed by atoms with van der Waals surface area (Å²) in [6.07, 6.45) is 0. The summed E-state index contributed by atoms with van der Waals surface area (Å²) in [6.45, 7) is 2.04. The Kier molecular flexibility index (Phi) is 7.00. The second-order valence-corrected chi connectivity index (χ2v) is 8.56. The molecule has 0 saturated heterocycles. The lowest BCUT2D eigenvalue weighted by Gasteiger charge is -2.10. The Morgan fingerprint density at radius 2 is 1.79 bits per heavy atom. The first-order chi connectivity index (χ1) is 15.9. The maximum Gasteiger partial charge on any atom is 0.246 e. The average molecular weight is 527 g/mol. The fourth-order valence-corrected chi connectivity index (χ4v) is 3.83. The molecule has 6 nitrogen and oxygen atoms in total. The van der Waals surface area contributed by atoms with Crippen LogP contribution < -0.4 is 10.1 Å². The number of hydrogen-bond acceptors (Lipinski definition) is 4. The molecule has 0 spiro atoms. The number of aryl methyl sites for hydroxylation is 1.